The zero-order chi connectivity index (χ0) is 16.9. The quantitative estimate of drug-likeness (QED) is 0.880. The Hall–Kier alpha value is -1.95. The number of aryl methyl sites for hydroxylation is 2. The van der Waals surface area contributed by atoms with Crippen LogP contribution in [0, 0.1) is 12.3 Å². The van der Waals surface area contributed by atoms with Gasteiger partial charge in [-0.1, -0.05) is 6.42 Å². The highest BCUT2D eigenvalue weighted by Crippen LogP contribution is 2.41. The lowest BCUT2D eigenvalue weighted by Gasteiger charge is -2.40. The Morgan fingerprint density at radius 1 is 1.46 bits per heavy atom. The van der Waals surface area contributed by atoms with Crippen molar-refractivity contribution in [2.75, 3.05) is 13.2 Å². The molecule has 2 aliphatic carbocycles. The van der Waals surface area contributed by atoms with Crippen LogP contribution in [0.4, 0.5) is 0 Å². The molecule has 2 aliphatic rings. The smallest absolute Gasteiger partial charge is 0.252 e. The summed E-state index contributed by atoms with van der Waals surface area (Å²) in [6.45, 7) is 2.58. The number of nitrogens with zero attached hydrogens (tertiary/aromatic N) is 3. The van der Waals surface area contributed by atoms with Gasteiger partial charge in [0.25, 0.3) is 5.91 Å². The Morgan fingerprint density at radius 2 is 2.21 bits per heavy atom. The van der Waals surface area contributed by atoms with Gasteiger partial charge in [0.05, 0.1) is 23.3 Å². The van der Waals surface area contributed by atoms with Crippen LogP contribution in [0.25, 0.3) is 11.0 Å². The largest absolute Gasteiger partial charge is 0.396 e. The van der Waals surface area contributed by atoms with Gasteiger partial charge in [-0.25, -0.2) is 4.98 Å². The fourth-order valence-electron chi connectivity index (χ4n) is 3.66. The third-order valence-corrected chi connectivity index (χ3v) is 5.60. The molecule has 0 aliphatic heterocycles. The van der Waals surface area contributed by atoms with Gasteiger partial charge >= 0.3 is 0 Å². The second-order valence-electron chi connectivity index (χ2n) is 7.47. The van der Waals surface area contributed by atoms with Gasteiger partial charge in [0.15, 0.2) is 5.65 Å². The van der Waals surface area contributed by atoms with Crippen LogP contribution in [-0.4, -0.2) is 38.9 Å². The van der Waals surface area contributed by atoms with E-state index in [0.717, 1.165) is 54.5 Å². The highest BCUT2D eigenvalue weighted by Gasteiger charge is 2.37. The number of fused-ring (bicyclic) bond motifs is 1. The topological polar surface area (TPSA) is 80.0 Å². The third kappa shape index (κ3) is 2.49. The van der Waals surface area contributed by atoms with Gasteiger partial charge in [-0.3, -0.25) is 9.48 Å². The zero-order valence-corrected chi connectivity index (χ0v) is 14.3. The van der Waals surface area contributed by atoms with Gasteiger partial charge < -0.3 is 10.4 Å². The zero-order valence-electron chi connectivity index (χ0n) is 14.3. The lowest BCUT2D eigenvalue weighted by Crippen LogP contribution is -2.44. The number of hydrogen-bond donors (Lipinski definition) is 2. The molecule has 0 aromatic carbocycles. The van der Waals surface area contributed by atoms with Gasteiger partial charge in [0.1, 0.15) is 0 Å². The molecule has 6 heteroatoms. The molecule has 0 spiro atoms. The Bertz CT molecular complexity index is 797. The summed E-state index contributed by atoms with van der Waals surface area (Å²) in [5.41, 5.74) is 3.15. The van der Waals surface area contributed by atoms with Crippen LogP contribution >= 0.6 is 0 Å². The average molecular weight is 328 g/mol. The fourth-order valence-corrected chi connectivity index (χ4v) is 3.66. The van der Waals surface area contributed by atoms with E-state index in [1.165, 1.54) is 0 Å². The van der Waals surface area contributed by atoms with E-state index in [1.807, 2.05) is 20.0 Å². The number of carbonyl (C=O) groups excluding carboxylic acids is 1. The first kappa shape index (κ1) is 15.6. The Morgan fingerprint density at radius 3 is 2.79 bits per heavy atom. The first-order valence-corrected chi connectivity index (χ1v) is 8.76. The van der Waals surface area contributed by atoms with Crippen molar-refractivity contribution in [3.8, 4) is 0 Å². The number of hydrogen-bond acceptors (Lipinski definition) is 4. The molecule has 2 fully saturated rings. The van der Waals surface area contributed by atoms with Crippen LogP contribution < -0.4 is 5.32 Å². The number of carbonyl (C=O) groups is 1. The summed E-state index contributed by atoms with van der Waals surface area (Å²) in [7, 11) is 1.87. The van der Waals surface area contributed by atoms with Crippen LogP contribution in [0.5, 0.6) is 0 Å². The normalized spacial score (nSPS) is 19.3. The molecule has 2 aromatic heterocycles. The molecule has 128 valence electrons. The van der Waals surface area contributed by atoms with Crippen molar-refractivity contribution in [1.82, 2.24) is 20.1 Å². The highest BCUT2D eigenvalue weighted by molar-refractivity contribution is 6.06. The van der Waals surface area contributed by atoms with Crippen molar-refractivity contribution >= 4 is 16.9 Å². The van der Waals surface area contributed by atoms with Gasteiger partial charge in [-0.15, -0.1) is 0 Å². The van der Waals surface area contributed by atoms with Gasteiger partial charge in [-0.05, 0) is 38.7 Å². The second-order valence-corrected chi connectivity index (χ2v) is 7.47. The molecule has 0 saturated heterocycles. The number of nitrogens with one attached hydrogen (secondary N) is 1. The Balaban J connectivity index is 1.67. The monoisotopic (exact) mass is 328 g/mol. The van der Waals surface area contributed by atoms with Crippen molar-refractivity contribution in [2.45, 2.75) is 44.9 Å². The van der Waals surface area contributed by atoms with E-state index < -0.39 is 0 Å². The maximum atomic E-state index is 12.9. The molecule has 0 bridgehead atoms. The molecule has 2 saturated carbocycles. The molecule has 0 radical (unpaired) electrons. The van der Waals surface area contributed by atoms with Crippen LogP contribution in [0.1, 0.15) is 59.8 Å². The first-order chi connectivity index (χ1) is 11.5. The molecular weight excluding hydrogens is 304 g/mol. The van der Waals surface area contributed by atoms with Crippen LogP contribution in [0.15, 0.2) is 6.07 Å². The molecular formula is C18H24N4O2. The third-order valence-electron chi connectivity index (χ3n) is 5.60. The number of amides is 1. The molecule has 6 nitrogen and oxygen atoms in total. The minimum atomic E-state index is -0.120. The van der Waals surface area contributed by atoms with Crippen molar-refractivity contribution in [3.05, 3.63) is 23.0 Å². The van der Waals surface area contributed by atoms with E-state index in [-0.39, 0.29) is 17.9 Å². The summed E-state index contributed by atoms with van der Waals surface area (Å²) in [6, 6.07) is 1.94. The lowest BCUT2D eigenvalue weighted by molar-refractivity contribution is 0.0429. The summed E-state index contributed by atoms with van der Waals surface area (Å²) < 4.78 is 1.76. The Kier molecular flexibility index (Phi) is 3.60. The van der Waals surface area contributed by atoms with Crippen molar-refractivity contribution in [1.29, 1.82) is 0 Å². The predicted molar refractivity (Wildman–Crippen MR) is 90.9 cm³/mol. The van der Waals surface area contributed by atoms with E-state index in [2.05, 4.69) is 10.4 Å². The number of pyridine rings is 1. The molecule has 0 unspecified atom stereocenters. The molecule has 24 heavy (non-hydrogen) atoms. The average Bonchev–Trinajstić information content (AvgIpc) is 3.33. The number of aromatic nitrogens is 3. The fraction of sp³-hybridized carbons (Fsp3) is 0.611. The van der Waals surface area contributed by atoms with Crippen LogP contribution in [-0.2, 0) is 7.05 Å². The van der Waals surface area contributed by atoms with E-state index in [1.54, 1.807) is 4.68 Å². The lowest BCUT2D eigenvalue weighted by atomic mass is 9.69. The van der Waals surface area contributed by atoms with E-state index in [9.17, 15) is 9.90 Å². The summed E-state index contributed by atoms with van der Waals surface area (Å²) in [4.78, 5) is 17.6. The number of rotatable bonds is 5. The summed E-state index contributed by atoms with van der Waals surface area (Å²) in [6.07, 6.45) is 5.38. The summed E-state index contributed by atoms with van der Waals surface area (Å²) in [5.74, 6) is 0.395. The van der Waals surface area contributed by atoms with Crippen molar-refractivity contribution in [3.63, 3.8) is 0 Å². The van der Waals surface area contributed by atoms with E-state index in [4.69, 9.17) is 4.98 Å². The standard InChI is InChI=1S/C18H24N4O2/c1-11-15-13(17(24)19-9-18(10-23)6-3-7-18)8-14(12-4-5-12)20-16(15)22(2)21-11/h8,12,23H,3-7,9-10H2,1-2H3,(H,19,24). The second kappa shape index (κ2) is 5.55. The minimum Gasteiger partial charge on any atom is -0.396 e. The highest BCUT2D eigenvalue weighted by atomic mass is 16.3. The summed E-state index contributed by atoms with van der Waals surface area (Å²) in [5, 5.41) is 17.9. The molecule has 2 aromatic rings. The van der Waals surface area contributed by atoms with E-state index in [0.29, 0.717) is 18.0 Å². The Labute approximate surface area is 141 Å². The maximum absolute atomic E-state index is 12.9. The number of aliphatic hydroxyl groups is 1. The number of aliphatic hydroxyl groups excluding tert-OH is 1. The van der Waals surface area contributed by atoms with Gasteiger partial charge in [-0.2, -0.15) is 5.10 Å². The maximum Gasteiger partial charge on any atom is 0.252 e. The predicted octanol–water partition coefficient (Wildman–Crippen LogP) is 2.05. The van der Waals surface area contributed by atoms with Crippen molar-refractivity contribution in [2.24, 2.45) is 12.5 Å². The minimum absolute atomic E-state index is 0.0832. The molecule has 4 rings (SSSR count). The van der Waals surface area contributed by atoms with Gasteiger partial charge in [0, 0.05) is 30.6 Å². The van der Waals surface area contributed by atoms with Crippen molar-refractivity contribution < 1.29 is 9.90 Å². The first-order valence-electron chi connectivity index (χ1n) is 8.76. The SMILES string of the molecule is Cc1nn(C)c2nc(C3CC3)cc(C(=O)NCC3(CO)CCC3)c12. The van der Waals surface area contributed by atoms with E-state index >= 15 is 0 Å². The summed E-state index contributed by atoms with van der Waals surface area (Å²) >= 11 is 0. The molecule has 2 N–H and O–H groups in total. The molecule has 0 atom stereocenters. The van der Waals surface area contributed by atoms with Crippen LogP contribution in [0.3, 0.4) is 0 Å². The van der Waals surface area contributed by atoms with Crippen LogP contribution in [0.2, 0.25) is 0 Å². The molecule has 2 heterocycles. The van der Waals surface area contributed by atoms with Gasteiger partial charge in [0.2, 0.25) is 0 Å². The molecule has 1 amide bonds.